The standard InChI is InChI=1S/C32H42N4O3S/c1-5-34-16-18-35(19-17-34)29-11-6-10-26-27(29)23-36(32(26)37)28(24-13-14-30(38-3)31(21-24)39-4)12-7-15-33(2)22-25-9-8-20-40-25/h6,8-11,13-14,20-21,23,28,37H,5,7,12,15-19,22H2,1-4H3/t28-/m1/s1. The number of aromatic hydroxyl groups is 1. The van der Waals surface area contributed by atoms with Crippen LogP contribution in [0.3, 0.4) is 0 Å². The Kier molecular flexibility index (Phi) is 9.19. The van der Waals surface area contributed by atoms with Gasteiger partial charge in [0.1, 0.15) is 0 Å². The average Bonchev–Trinajstić information content (AvgIpc) is 3.62. The molecule has 4 aromatic rings. The maximum atomic E-state index is 11.6. The number of hydrogen-bond donors (Lipinski definition) is 1. The molecule has 1 aliphatic heterocycles. The summed E-state index contributed by atoms with van der Waals surface area (Å²) in [5.41, 5.74) is 2.29. The molecule has 0 saturated carbocycles. The molecule has 0 spiro atoms. The lowest BCUT2D eigenvalue weighted by molar-refractivity contribution is 0.271. The maximum Gasteiger partial charge on any atom is 0.199 e. The number of piperazine rings is 1. The van der Waals surface area contributed by atoms with Gasteiger partial charge in [-0.05, 0) is 74.3 Å². The van der Waals surface area contributed by atoms with Gasteiger partial charge in [0, 0.05) is 60.3 Å². The van der Waals surface area contributed by atoms with Gasteiger partial charge < -0.3 is 33.8 Å². The first-order valence-electron chi connectivity index (χ1n) is 14.2. The van der Waals surface area contributed by atoms with Crippen molar-refractivity contribution < 1.29 is 14.6 Å². The van der Waals surface area contributed by atoms with Crippen LogP contribution in [-0.4, -0.2) is 80.0 Å². The van der Waals surface area contributed by atoms with Gasteiger partial charge >= 0.3 is 0 Å². The molecule has 1 fully saturated rings. The summed E-state index contributed by atoms with van der Waals surface area (Å²) in [6, 6.07) is 16.7. The zero-order chi connectivity index (χ0) is 28.1. The average molecular weight is 563 g/mol. The Morgan fingerprint density at radius 2 is 1.77 bits per heavy atom. The van der Waals surface area contributed by atoms with Crippen molar-refractivity contribution in [3.8, 4) is 17.4 Å². The van der Waals surface area contributed by atoms with Crippen molar-refractivity contribution in [3.05, 3.63) is 70.5 Å². The summed E-state index contributed by atoms with van der Waals surface area (Å²) in [6.45, 7) is 9.35. The number of thiophene rings is 1. The minimum atomic E-state index is -0.0490. The molecule has 0 unspecified atom stereocenters. The quantitative estimate of drug-likeness (QED) is 0.226. The lowest BCUT2D eigenvalue weighted by Crippen LogP contribution is -2.46. The number of rotatable bonds is 12. The molecule has 0 bridgehead atoms. The summed E-state index contributed by atoms with van der Waals surface area (Å²) < 4.78 is 13.2. The molecule has 0 amide bonds. The molecule has 3 heterocycles. The molecule has 0 aliphatic carbocycles. The number of anilines is 1. The summed E-state index contributed by atoms with van der Waals surface area (Å²) in [7, 11) is 5.50. The molecule has 0 radical (unpaired) electrons. The van der Waals surface area contributed by atoms with E-state index in [9.17, 15) is 5.11 Å². The van der Waals surface area contributed by atoms with E-state index in [4.69, 9.17) is 9.47 Å². The molecule has 2 aromatic carbocycles. The third-order valence-electron chi connectivity index (χ3n) is 8.15. The summed E-state index contributed by atoms with van der Waals surface area (Å²) in [5.74, 6) is 1.72. The van der Waals surface area contributed by atoms with Crippen molar-refractivity contribution in [2.24, 2.45) is 0 Å². The second kappa shape index (κ2) is 13.0. The van der Waals surface area contributed by atoms with Crippen molar-refractivity contribution in [2.75, 3.05) is 65.4 Å². The number of fused-ring (bicyclic) bond motifs is 1. The van der Waals surface area contributed by atoms with E-state index in [-0.39, 0.29) is 6.04 Å². The highest BCUT2D eigenvalue weighted by Gasteiger charge is 2.24. The van der Waals surface area contributed by atoms with Gasteiger partial charge in [0.05, 0.1) is 20.3 Å². The van der Waals surface area contributed by atoms with Crippen molar-refractivity contribution in [1.82, 2.24) is 14.4 Å². The van der Waals surface area contributed by atoms with Crippen molar-refractivity contribution in [3.63, 3.8) is 0 Å². The van der Waals surface area contributed by atoms with E-state index < -0.39 is 0 Å². The zero-order valence-electron chi connectivity index (χ0n) is 24.2. The second-order valence-electron chi connectivity index (χ2n) is 10.6. The van der Waals surface area contributed by atoms with Gasteiger partial charge in [0.2, 0.25) is 0 Å². The van der Waals surface area contributed by atoms with Crippen LogP contribution in [-0.2, 0) is 6.54 Å². The molecule has 7 nitrogen and oxygen atoms in total. The normalized spacial score (nSPS) is 15.2. The molecule has 1 atom stereocenters. The van der Waals surface area contributed by atoms with E-state index in [0.29, 0.717) is 17.4 Å². The zero-order valence-corrected chi connectivity index (χ0v) is 25.0. The van der Waals surface area contributed by atoms with Crippen LogP contribution in [0.1, 0.15) is 36.2 Å². The van der Waals surface area contributed by atoms with Crippen LogP contribution in [0.4, 0.5) is 5.69 Å². The molecule has 1 aliphatic rings. The number of likely N-dealkylation sites (N-methyl/N-ethyl adjacent to an activating group) is 1. The fourth-order valence-corrected chi connectivity index (χ4v) is 6.65. The van der Waals surface area contributed by atoms with Gasteiger partial charge in [-0.2, -0.15) is 0 Å². The highest BCUT2D eigenvalue weighted by molar-refractivity contribution is 7.09. The highest BCUT2D eigenvalue weighted by atomic mass is 32.1. The predicted molar refractivity (Wildman–Crippen MR) is 166 cm³/mol. The number of ether oxygens (including phenoxy) is 2. The van der Waals surface area contributed by atoms with Crippen LogP contribution >= 0.6 is 11.3 Å². The van der Waals surface area contributed by atoms with E-state index in [1.807, 2.05) is 18.2 Å². The van der Waals surface area contributed by atoms with E-state index in [2.05, 4.69) is 75.1 Å². The fraction of sp³-hybridized carbons (Fsp3) is 0.438. The van der Waals surface area contributed by atoms with E-state index in [0.717, 1.165) is 75.0 Å². The van der Waals surface area contributed by atoms with Gasteiger partial charge in [0.25, 0.3) is 0 Å². The summed E-state index contributed by atoms with van der Waals surface area (Å²) in [5, 5.41) is 15.7. The smallest absolute Gasteiger partial charge is 0.199 e. The first-order valence-corrected chi connectivity index (χ1v) is 15.1. The number of aromatic nitrogens is 1. The Bertz CT molecular complexity index is 1380. The van der Waals surface area contributed by atoms with Gasteiger partial charge in [-0.15, -0.1) is 11.3 Å². The van der Waals surface area contributed by atoms with Crippen LogP contribution in [0.15, 0.2) is 60.1 Å². The molecule has 2 aromatic heterocycles. The van der Waals surface area contributed by atoms with Gasteiger partial charge in [0.15, 0.2) is 17.4 Å². The van der Waals surface area contributed by atoms with E-state index in [1.165, 1.54) is 10.6 Å². The molecule has 1 saturated heterocycles. The third-order valence-corrected chi connectivity index (χ3v) is 9.01. The largest absolute Gasteiger partial charge is 0.494 e. The van der Waals surface area contributed by atoms with E-state index >= 15 is 0 Å². The molecular formula is C32H42N4O3S. The van der Waals surface area contributed by atoms with Crippen LogP contribution in [0.5, 0.6) is 17.4 Å². The molecule has 1 N–H and O–H groups in total. The Morgan fingerprint density at radius 3 is 2.48 bits per heavy atom. The minimum absolute atomic E-state index is 0.0490. The second-order valence-corrected chi connectivity index (χ2v) is 11.6. The van der Waals surface area contributed by atoms with Crippen LogP contribution < -0.4 is 14.4 Å². The highest BCUT2D eigenvalue weighted by Crippen LogP contribution is 2.40. The van der Waals surface area contributed by atoms with Crippen molar-refractivity contribution in [2.45, 2.75) is 32.4 Å². The summed E-state index contributed by atoms with van der Waals surface area (Å²) >= 11 is 1.80. The van der Waals surface area contributed by atoms with Gasteiger partial charge in [-0.25, -0.2) is 0 Å². The molecule has 214 valence electrons. The first-order chi connectivity index (χ1) is 19.5. The number of hydrogen-bond acceptors (Lipinski definition) is 7. The lowest BCUT2D eigenvalue weighted by Gasteiger charge is -2.35. The van der Waals surface area contributed by atoms with Gasteiger partial charge in [-0.3, -0.25) is 0 Å². The predicted octanol–water partition coefficient (Wildman–Crippen LogP) is 6.07. The number of nitrogens with zero attached hydrogens (tertiary/aromatic N) is 4. The maximum absolute atomic E-state index is 11.6. The Morgan fingerprint density at radius 1 is 0.975 bits per heavy atom. The monoisotopic (exact) mass is 562 g/mol. The molecule has 5 rings (SSSR count). The van der Waals surface area contributed by atoms with Crippen LogP contribution in [0.25, 0.3) is 10.8 Å². The van der Waals surface area contributed by atoms with Crippen LogP contribution in [0, 0.1) is 0 Å². The molecule has 40 heavy (non-hydrogen) atoms. The minimum Gasteiger partial charge on any atom is -0.494 e. The fourth-order valence-electron chi connectivity index (χ4n) is 5.87. The molecule has 8 heteroatoms. The summed E-state index contributed by atoms with van der Waals surface area (Å²) in [6.07, 6.45) is 4.02. The Hall–Kier alpha value is -3.20. The van der Waals surface area contributed by atoms with Crippen LogP contribution in [0.2, 0.25) is 0 Å². The lowest BCUT2D eigenvalue weighted by atomic mass is 10.0. The third kappa shape index (κ3) is 6.09. The number of benzene rings is 2. The first kappa shape index (κ1) is 28.3. The van der Waals surface area contributed by atoms with E-state index in [1.54, 1.807) is 25.6 Å². The Balaban J connectivity index is 1.45. The van der Waals surface area contributed by atoms with Crippen molar-refractivity contribution in [1.29, 1.82) is 0 Å². The molecular weight excluding hydrogens is 520 g/mol. The topological polar surface area (TPSA) is 53.3 Å². The van der Waals surface area contributed by atoms with Gasteiger partial charge in [-0.1, -0.05) is 25.1 Å². The number of methoxy groups -OCH3 is 2. The summed E-state index contributed by atoms with van der Waals surface area (Å²) in [4.78, 5) is 8.70. The Labute approximate surface area is 242 Å². The van der Waals surface area contributed by atoms with Crippen molar-refractivity contribution >= 4 is 27.8 Å². The SMILES string of the molecule is CCN1CCN(c2cccc3c(O)n([C@H](CCCN(C)Cc4cccs4)c4ccc(OC)c(OC)c4)cc23)CC1.